The summed E-state index contributed by atoms with van der Waals surface area (Å²) < 4.78 is 5.81. The van der Waals surface area contributed by atoms with Crippen LogP contribution < -0.4 is 0 Å². The molecule has 0 bridgehead atoms. The van der Waals surface area contributed by atoms with Crippen molar-refractivity contribution in [1.29, 1.82) is 0 Å². The van der Waals surface area contributed by atoms with Crippen molar-refractivity contribution in [2.75, 3.05) is 40.3 Å². The Morgan fingerprint density at radius 2 is 2.14 bits per heavy atom. The first-order valence-electron chi connectivity index (χ1n) is 5.64. The van der Waals surface area contributed by atoms with Crippen LogP contribution in [0.2, 0.25) is 0 Å². The van der Waals surface area contributed by atoms with Gasteiger partial charge < -0.3 is 9.64 Å². The van der Waals surface area contributed by atoms with E-state index in [1.54, 1.807) is 0 Å². The first-order valence-corrected chi connectivity index (χ1v) is 5.64. The minimum Gasteiger partial charge on any atom is -0.372 e. The fraction of sp³-hybridized carbons (Fsp3) is 1.00. The molecule has 3 nitrogen and oxygen atoms in total. The molecule has 1 spiro atoms. The van der Waals surface area contributed by atoms with Crippen molar-refractivity contribution in [2.24, 2.45) is 0 Å². The Balaban J connectivity index is 1.84. The fourth-order valence-electron chi connectivity index (χ4n) is 2.34. The molecule has 1 atom stereocenters. The van der Waals surface area contributed by atoms with Crippen molar-refractivity contribution in [3.8, 4) is 0 Å². The molecule has 2 aliphatic rings. The summed E-state index contributed by atoms with van der Waals surface area (Å²) >= 11 is 0. The summed E-state index contributed by atoms with van der Waals surface area (Å²) in [5.74, 6) is 0. The molecule has 1 heterocycles. The van der Waals surface area contributed by atoms with E-state index in [9.17, 15) is 0 Å². The van der Waals surface area contributed by atoms with Crippen molar-refractivity contribution in [1.82, 2.24) is 9.80 Å². The zero-order valence-electron chi connectivity index (χ0n) is 9.62. The van der Waals surface area contributed by atoms with Gasteiger partial charge in [-0.3, -0.25) is 4.90 Å². The normalized spacial score (nSPS) is 28.3. The van der Waals surface area contributed by atoms with Gasteiger partial charge in [0.1, 0.15) is 0 Å². The summed E-state index contributed by atoms with van der Waals surface area (Å²) in [6, 6.07) is 0.659. The number of nitrogens with zero attached hydrogens (tertiary/aromatic N) is 2. The van der Waals surface area contributed by atoms with Gasteiger partial charge >= 0.3 is 0 Å². The third-order valence-electron chi connectivity index (χ3n) is 3.34. The van der Waals surface area contributed by atoms with E-state index in [-0.39, 0.29) is 5.60 Å². The Morgan fingerprint density at radius 1 is 1.43 bits per heavy atom. The van der Waals surface area contributed by atoms with Crippen LogP contribution in [0.5, 0.6) is 0 Å². The van der Waals surface area contributed by atoms with E-state index in [0.29, 0.717) is 6.04 Å². The maximum atomic E-state index is 5.81. The molecular weight excluding hydrogens is 176 g/mol. The molecule has 1 unspecified atom stereocenters. The van der Waals surface area contributed by atoms with Gasteiger partial charge in [0.25, 0.3) is 0 Å². The lowest BCUT2D eigenvalue weighted by molar-refractivity contribution is -0.0596. The molecule has 2 fully saturated rings. The van der Waals surface area contributed by atoms with Crippen LogP contribution in [0.25, 0.3) is 0 Å². The summed E-state index contributed by atoms with van der Waals surface area (Å²) in [7, 11) is 4.29. The summed E-state index contributed by atoms with van der Waals surface area (Å²) in [6.45, 7) is 6.66. The summed E-state index contributed by atoms with van der Waals surface area (Å²) in [5.41, 5.74) is 0.277. The molecule has 1 saturated carbocycles. The molecule has 0 aromatic rings. The van der Waals surface area contributed by atoms with E-state index in [1.165, 1.54) is 12.8 Å². The lowest BCUT2D eigenvalue weighted by Crippen LogP contribution is -2.50. The van der Waals surface area contributed by atoms with Crippen LogP contribution in [0.15, 0.2) is 0 Å². The molecule has 14 heavy (non-hydrogen) atoms. The van der Waals surface area contributed by atoms with Gasteiger partial charge in [0.2, 0.25) is 0 Å². The Labute approximate surface area is 87.0 Å². The highest BCUT2D eigenvalue weighted by molar-refractivity contribution is 5.01. The lowest BCUT2D eigenvalue weighted by atomic mass is 10.2. The second kappa shape index (κ2) is 3.80. The molecule has 0 amide bonds. The first kappa shape index (κ1) is 10.4. The highest BCUT2D eigenvalue weighted by Gasteiger charge is 2.47. The maximum Gasteiger partial charge on any atom is 0.0811 e. The van der Waals surface area contributed by atoms with Crippen LogP contribution in [0.1, 0.15) is 19.8 Å². The third kappa shape index (κ3) is 2.27. The molecular formula is C11H22N2O. The number of hydrogen-bond donors (Lipinski definition) is 0. The van der Waals surface area contributed by atoms with E-state index >= 15 is 0 Å². The summed E-state index contributed by atoms with van der Waals surface area (Å²) in [5, 5.41) is 0. The van der Waals surface area contributed by atoms with Crippen LogP contribution in [0.4, 0.5) is 0 Å². The van der Waals surface area contributed by atoms with Gasteiger partial charge in [0.05, 0.1) is 12.2 Å². The van der Waals surface area contributed by atoms with Crippen LogP contribution in [-0.4, -0.2) is 61.8 Å². The minimum absolute atomic E-state index is 0.277. The van der Waals surface area contributed by atoms with Crippen LogP contribution in [-0.2, 0) is 4.74 Å². The molecule has 1 aliphatic carbocycles. The highest BCUT2D eigenvalue weighted by Crippen LogP contribution is 2.42. The Kier molecular flexibility index (Phi) is 2.82. The summed E-state index contributed by atoms with van der Waals surface area (Å²) in [4.78, 5) is 4.84. The second-order valence-corrected chi connectivity index (χ2v) is 5.11. The fourth-order valence-corrected chi connectivity index (χ4v) is 2.34. The van der Waals surface area contributed by atoms with Gasteiger partial charge in [-0.1, -0.05) is 0 Å². The molecule has 0 N–H and O–H groups in total. The number of morpholine rings is 1. The van der Waals surface area contributed by atoms with Crippen LogP contribution >= 0.6 is 0 Å². The van der Waals surface area contributed by atoms with Gasteiger partial charge in [-0.15, -0.1) is 0 Å². The van der Waals surface area contributed by atoms with E-state index in [4.69, 9.17) is 4.74 Å². The van der Waals surface area contributed by atoms with Crippen LogP contribution in [0.3, 0.4) is 0 Å². The number of ether oxygens (including phenoxy) is 1. The van der Waals surface area contributed by atoms with Crippen molar-refractivity contribution in [3.63, 3.8) is 0 Å². The standard InChI is InChI=1S/C11H22N2O/c1-10(8-12(2)3)13-6-7-14-11(9-13)4-5-11/h10H,4-9H2,1-3H3. The zero-order valence-corrected chi connectivity index (χ0v) is 9.62. The Bertz CT molecular complexity index is 201. The predicted octanol–water partition coefficient (Wildman–Crippen LogP) is 0.801. The highest BCUT2D eigenvalue weighted by atomic mass is 16.5. The summed E-state index contributed by atoms with van der Waals surface area (Å²) in [6.07, 6.45) is 2.55. The quantitative estimate of drug-likeness (QED) is 0.667. The molecule has 2 rings (SSSR count). The average molecular weight is 198 g/mol. The molecule has 0 aromatic carbocycles. The Morgan fingerprint density at radius 3 is 2.71 bits per heavy atom. The third-order valence-corrected chi connectivity index (χ3v) is 3.34. The van der Waals surface area contributed by atoms with E-state index in [0.717, 1.165) is 26.2 Å². The topological polar surface area (TPSA) is 15.7 Å². The smallest absolute Gasteiger partial charge is 0.0811 e. The number of hydrogen-bond acceptors (Lipinski definition) is 3. The van der Waals surface area contributed by atoms with Gasteiger partial charge in [-0.05, 0) is 33.9 Å². The van der Waals surface area contributed by atoms with Crippen molar-refractivity contribution in [2.45, 2.75) is 31.4 Å². The predicted molar refractivity (Wildman–Crippen MR) is 57.5 cm³/mol. The molecule has 1 saturated heterocycles. The molecule has 0 radical (unpaired) electrons. The molecule has 1 aliphatic heterocycles. The second-order valence-electron chi connectivity index (χ2n) is 5.11. The number of rotatable bonds is 3. The minimum atomic E-state index is 0.277. The van der Waals surface area contributed by atoms with E-state index in [2.05, 4.69) is 30.8 Å². The van der Waals surface area contributed by atoms with Gasteiger partial charge in [-0.2, -0.15) is 0 Å². The average Bonchev–Trinajstić information content (AvgIpc) is 2.84. The monoisotopic (exact) mass is 198 g/mol. The van der Waals surface area contributed by atoms with Gasteiger partial charge in [-0.25, -0.2) is 0 Å². The molecule has 0 aromatic heterocycles. The SMILES string of the molecule is CC(CN(C)C)N1CCOC2(CC2)C1. The first-order chi connectivity index (χ1) is 6.61. The van der Waals surface area contributed by atoms with Crippen LogP contribution in [0, 0.1) is 0 Å². The lowest BCUT2D eigenvalue weighted by Gasteiger charge is -2.38. The molecule has 82 valence electrons. The van der Waals surface area contributed by atoms with Gasteiger partial charge in [0.15, 0.2) is 0 Å². The maximum absolute atomic E-state index is 5.81. The van der Waals surface area contributed by atoms with E-state index in [1.807, 2.05) is 0 Å². The van der Waals surface area contributed by atoms with Crippen molar-refractivity contribution < 1.29 is 4.74 Å². The van der Waals surface area contributed by atoms with Crippen molar-refractivity contribution >= 4 is 0 Å². The Hall–Kier alpha value is -0.120. The zero-order chi connectivity index (χ0) is 10.2. The van der Waals surface area contributed by atoms with Gasteiger partial charge in [0, 0.05) is 25.7 Å². The van der Waals surface area contributed by atoms with Crippen molar-refractivity contribution in [3.05, 3.63) is 0 Å². The molecule has 3 heteroatoms. The number of likely N-dealkylation sites (N-methyl/N-ethyl adjacent to an activating group) is 1. The largest absolute Gasteiger partial charge is 0.372 e. The van der Waals surface area contributed by atoms with E-state index < -0.39 is 0 Å².